The van der Waals surface area contributed by atoms with Crippen molar-refractivity contribution < 1.29 is 19.4 Å². The molecule has 2 N–H and O–H groups in total. The first kappa shape index (κ1) is 16.0. The van der Waals surface area contributed by atoms with Crippen LogP contribution in [0.1, 0.15) is 31.7 Å². The Morgan fingerprint density at radius 1 is 1.30 bits per heavy atom. The Balaban J connectivity index is 2.29. The molecule has 0 aromatic heterocycles. The minimum atomic E-state index is -0.887. The van der Waals surface area contributed by atoms with Gasteiger partial charge in [-0.2, -0.15) is 0 Å². The fourth-order valence-corrected chi connectivity index (χ4v) is 1.74. The molecule has 1 aromatic carbocycles. The summed E-state index contributed by atoms with van der Waals surface area (Å²) in [7, 11) is 0. The van der Waals surface area contributed by atoms with Crippen molar-refractivity contribution in [2.75, 3.05) is 6.54 Å². The molecular formula is C15H21NO4. The van der Waals surface area contributed by atoms with Gasteiger partial charge in [-0.05, 0) is 12.0 Å². The summed E-state index contributed by atoms with van der Waals surface area (Å²) >= 11 is 0. The summed E-state index contributed by atoms with van der Waals surface area (Å²) in [5.74, 6) is -1.44. The minimum Gasteiger partial charge on any atom is -0.481 e. The average Bonchev–Trinajstić information content (AvgIpc) is 2.46. The molecule has 0 fully saturated rings. The number of unbranched alkanes of at least 4 members (excludes halogenated alkanes) is 1. The van der Waals surface area contributed by atoms with E-state index in [1.165, 1.54) is 0 Å². The maximum atomic E-state index is 11.5. The largest absolute Gasteiger partial charge is 0.481 e. The van der Waals surface area contributed by atoms with Gasteiger partial charge in [0, 0.05) is 6.54 Å². The first-order valence-electron chi connectivity index (χ1n) is 6.80. The van der Waals surface area contributed by atoms with Crippen molar-refractivity contribution in [3.8, 4) is 0 Å². The summed E-state index contributed by atoms with van der Waals surface area (Å²) in [6, 6.07) is 9.32. The molecule has 5 nitrogen and oxygen atoms in total. The Kier molecular flexibility index (Phi) is 7.17. The topological polar surface area (TPSA) is 75.6 Å². The van der Waals surface area contributed by atoms with Crippen LogP contribution in [0.5, 0.6) is 0 Å². The lowest BCUT2D eigenvalue weighted by atomic mass is 10.0. The van der Waals surface area contributed by atoms with Crippen molar-refractivity contribution in [2.24, 2.45) is 5.92 Å². The lowest BCUT2D eigenvalue weighted by Gasteiger charge is -2.13. The number of hydrogen-bond acceptors (Lipinski definition) is 3. The van der Waals surface area contributed by atoms with E-state index in [1.807, 2.05) is 37.3 Å². The Morgan fingerprint density at radius 2 is 2.00 bits per heavy atom. The highest BCUT2D eigenvalue weighted by Gasteiger charge is 2.17. The highest BCUT2D eigenvalue weighted by Crippen LogP contribution is 2.08. The number of carbonyl (C=O) groups excluding carboxylic acids is 1. The Labute approximate surface area is 118 Å². The summed E-state index contributed by atoms with van der Waals surface area (Å²) < 4.78 is 5.02. The van der Waals surface area contributed by atoms with Crippen molar-refractivity contribution >= 4 is 12.1 Å². The first-order chi connectivity index (χ1) is 9.63. The molecule has 1 aromatic rings. The van der Waals surface area contributed by atoms with Crippen molar-refractivity contribution in [3.05, 3.63) is 35.9 Å². The smallest absolute Gasteiger partial charge is 0.407 e. The number of rotatable bonds is 8. The minimum absolute atomic E-state index is 0.100. The highest BCUT2D eigenvalue weighted by molar-refractivity contribution is 5.72. The zero-order chi connectivity index (χ0) is 14.8. The van der Waals surface area contributed by atoms with Crippen LogP contribution in [-0.2, 0) is 16.1 Å². The molecule has 0 bridgehead atoms. The van der Waals surface area contributed by atoms with Crippen LogP contribution in [0.15, 0.2) is 30.3 Å². The molecule has 0 spiro atoms. The van der Waals surface area contributed by atoms with Gasteiger partial charge in [0.15, 0.2) is 0 Å². The molecule has 0 aliphatic carbocycles. The van der Waals surface area contributed by atoms with Crippen LogP contribution in [-0.4, -0.2) is 23.7 Å². The van der Waals surface area contributed by atoms with Crippen LogP contribution in [0, 0.1) is 5.92 Å². The number of benzene rings is 1. The summed E-state index contributed by atoms with van der Waals surface area (Å²) in [6.07, 6.45) is 1.74. The molecule has 0 heterocycles. The van der Waals surface area contributed by atoms with Gasteiger partial charge in [0.2, 0.25) is 0 Å². The highest BCUT2D eigenvalue weighted by atomic mass is 16.5. The third-order valence-corrected chi connectivity index (χ3v) is 2.96. The van der Waals surface area contributed by atoms with E-state index in [0.29, 0.717) is 6.42 Å². The van der Waals surface area contributed by atoms with Gasteiger partial charge in [-0.15, -0.1) is 0 Å². The van der Waals surface area contributed by atoms with E-state index in [0.717, 1.165) is 18.4 Å². The van der Waals surface area contributed by atoms with Crippen LogP contribution < -0.4 is 5.32 Å². The van der Waals surface area contributed by atoms with Crippen LogP contribution in [0.4, 0.5) is 4.79 Å². The predicted octanol–water partition coefficient (Wildman–Crippen LogP) is 2.80. The van der Waals surface area contributed by atoms with Crippen molar-refractivity contribution in [1.82, 2.24) is 5.32 Å². The van der Waals surface area contributed by atoms with Gasteiger partial charge in [0.1, 0.15) is 6.61 Å². The molecule has 0 saturated carbocycles. The van der Waals surface area contributed by atoms with E-state index in [2.05, 4.69) is 5.32 Å². The van der Waals surface area contributed by atoms with Crippen LogP contribution in [0.2, 0.25) is 0 Å². The molecule has 20 heavy (non-hydrogen) atoms. The molecule has 1 atom stereocenters. The second kappa shape index (κ2) is 8.96. The van der Waals surface area contributed by atoms with Gasteiger partial charge in [0.25, 0.3) is 0 Å². The molecule has 1 amide bonds. The number of nitrogens with one attached hydrogen (secondary N) is 1. The van der Waals surface area contributed by atoms with Gasteiger partial charge in [-0.1, -0.05) is 50.1 Å². The average molecular weight is 279 g/mol. The van der Waals surface area contributed by atoms with Crippen molar-refractivity contribution in [1.29, 1.82) is 0 Å². The number of carbonyl (C=O) groups is 2. The Hall–Kier alpha value is -2.04. The van der Waals surface area contributed by atoms with Gasteiger partial charge in [0.05, 0.1) is 5.92 Å². The standard InChI is InChI=1S/C15H21NO4/c1-2-3-9-13(14(17)18)10-16-15(19)20-11-12-7-5-4-6-8-12/h4-8,13H,2-3,9-11H2,1H3,(H,16,19)(H,17,18)/t13-/m1/s1. The lowest BCUT2D eigenvalue weighted by molar-refractivity contribution is -0.141. The monoisotopic (exact) mass is 279 g/mol. The van der Waals surface area contributed by atoms with Gasteiger partial charge < -0.3 is 15.2 Å². The molecule has 0 unspecified atom stereocenters. The maximum Gasteiger partial charge on any atom is 0.407 e. The molecule has 0 aliphatic rings. The number of amides is 1. The number of aliphatic carboxylic acids is 1. The number of carboxylic acids is 1. The van der Waals surface area contributed by atoms with Crippen LogP contribution in [0.3, 0.4) is 0 Å². The number of alkyl carbamates (subject to hydrolysis) is 1. The third kappa shape index (κ3) is 6.22. The summed E-state index contributed by atoms with van der Waals surface area (Å²) in [4.78, 5) is 22.5. The fourth-order valence-electron chi connectivity index (χ4n) is 1.74. The van der Waals surface area contributed by atoms with E-state index >= 15 is 0 Å². The first-order valence-corrected chi connectivity index (χ1v) is 6.80. The molecule has 0 saturated heterocycles. The van der Waals surface area contributed by atoms with E-state index in [9.17, 15) is 9.59 Å². The summed E-state index contributed by atoms with van der Waals surface area (Å²) in [5.41, 5.74) is 0.892. The SMILES string of the molecule is CCCC[C@H](CNC(=O)OCc1ccccc1)C(=O)O. The Morgan fingerprint density at radius 3 is 2.60 bits per heavy atom. The van der Waals surface area contributed by atoms with E-state index < -0.39 is 18.0 Å². The molecule has 1 rings (SSSR count). The van der Waals surface area contributed by atoms with Crippen molar-refractivity contribution in [2.45, 2.75) is 32.8 Å². The maximum absolute atomic E-state index is 11.5. The van der Waals surface area contributed by atoms with E-state index in [-0.39, 0.29) is 13.2 Å². The molecule has 5 heteroatoms. The second-order valence-corrected chi connectivity index (χ2v) is 4.62. The predicted molar refractivity (Wildman–Crippen MR) is 75.3 cm³/mol. The third-order valence-electron chi connectivity index (χ3n) is 2.96. The second-order valence-electron chi connectivity index (χ2n) is 4.62. The zero-order valence-electron chi connectivity index (χ0n) is 11.7. The zero-order valence-corrected chi connectivity index (χ0v) is 11.7. The number of carboxylic acid groups (broad SMARTS) is 1. The van der Waals surface area contributed by atoms with Crippen LogP contribution in [0.25, 0.3) is 0 Å². The van der Waals surface area contributed by atoms with Gasteiger partial charge in [-0.3, -0.25) is 4.79 Å². The Bertz CT molecular complexity index is 419. The summed E-state index contributed by atoms with van der Waals surface area (Å²) in [6.45, 7) is 2.28. The van der Waals surface area contributed by atoms with Crippen LogP contribution >= 0.6 is 0 Å². The fraction of sp³-hybridized carbons (Fsp3) is 0.467. The number of ether oxygens (including phenoxy) is 1. The van der Waals surface area contributed by atoms with Crippen molar-refractivity contribution in [3.63, 3.8) is 0 Å². The van der Waals surface area contributed by atoms with Gasteiger partial charge >= 0.3 is 12.1 Å². The molecule has 0 aliphatic heterocycles. The normalized spacial score (nSPS) is 11.7. The molecule has 0 radical (unpaired) electrons. The quantitative estimate of drug-likeness (QED) is 0.767. The molecular weight excluding hydrogens is 258 g/mol. The van der Waals surface area contributed by atoms with E-state index in [1.54, 1.807) is 0 Å². The lowest BCUT2D eigenvalue weighted by Crippen LogP contribution is -2.33. The summed E-state index contributed by atoms with van der Waals surface area (Å²) in [5, 5.41) is 11.5. The van der Waals surface area contributed by atoms with Gasteiger partial charge in [-0.25, -0.2) is 4.79 Å². The molecule has 110 valence electrons. The van der Waals surface area contributed by atoms with E-state index in [4.69, 9.17) is 9.84 Å². The number of hydrogen-bond donors (Lipinski definition) is 2.